The Morgan fingerprint density at radius 3 is 2.46 bits per heavy atom. The maximum Gasteiger partial charge on any atom is 0.434 e. The zero-order chi connectivity index (χ0) is 40.2. The van der Waals surface area contributed by atoms with Gasteiger partial charge >= 0.3 is 6.18 Å². The summed E-state index contributed by atoms with van der Waals surface area (Å²) in [6.45, 7) is 6.09. The molecule has 3 aromatic heterocycles. The Labute approximate surface area is 331 Å². The van der Waals surface area contributed by atoms with Crippen LogP contribution in [0.1, 0.15) is 102 Å². The van der Waals surface area contributed by atoms with Crippen LogP contribution in [0.25, 0.3) is 21.5 Å². The molecule has 7 rings (SSSR count). The summed E-state index contributed by atoms with van der Waals surface area (Å²) < 4.78 is 74.5. The number of hydrogen-bond donors (Lipinski definition) is 1. The molecule has 2 amide bonds. The number of ketones is 1. The number of aromatic nitrogens is 4. The number of carbonyl (C=O) groups excluding carboxylic acids is 3. The Morgan fingerprint density at radius 1 is 1.04 bits per heavy atom. The second-order valence-corrected chi connectivity index (χ2v) is 20.0. The first-order valence-corrected chi connectivity index (χ1v) is 22.2. The largest absolute Gasteiger partial charge is 0.474 e. The molecule has 3 aromatic rings. The number of ether oxygens (including phenoxy) is 1. The lowest BCUT2D eigenvalue weighted by Gasteiger charge is -2.37. The molecule has 3 aliphatic carbocycles. The number of nitrogens with zero attached hydrogens (tertiary/aromatic N) is 5. The topological polar surface area (TPSA) is 161 Å². The predicted octanol–water partition coefficient (Wildman–Crippen LogP) is 7.19. The number of allylic oxidation sites excluding steroid dienone is 2. The van der Waals surface area contributed by atoms with E-state index in [4.69, 9.17) is 4.74 Å². The van der Waals surface area contributed by atoms with Crippen molar-refractivity contribution in [2.45, 2.75) is 108 Å². The lowest BCUT2D eigenvalue weighted by Crippen LogP contribution is -2.47. The zero-order valence-electron chi connectivity index (χ0n) is 31.6. The van der Waals surface area contributed by atoms with Crippen molar-refractivity contribution in [2.24, 2.45) is 23.2 Å². The van der Waals surface area contributed by atoms with Crippen molar-refractivity contribution in [1.29, 1.82) is 0 Å². The molecule has 5 atom stereocenters. The summed E-state index contributed by atoms with van der Waals surface area (Å²) in [7, 11) is -2.23. The van der Waals surface area contributed by atoms with Crippen molar-refractivity contribution < 1.29 is 40.7 Å². The van der Waals surface area contributed by atoms with Crippen LogP contribution >= 0.6 is 22.7 Å². The molecule has 302 valence electrons. The van der Waals surface area contributed by atoms with Crippen LogP contribution in [0.2, 0.25) is 0 Å². The zero-order valence-corrected chi connectivity index (χ0v) is 34.0. The number of fused-ring (bicyclic) bond motifs is 2. The number of halogens is 3. The first-order chi connectivity index (χ1) is 26.4. The highest BCUT2D eigenvalue weighted by Gasteiger charge is 2.62. The molecule has 0 unspecified atom stereocenters. The average Bonchev–Trinajstić information content (AvgIpc) is 3.86. The summed E-state index contributed by atoms with van der Waals surface area (Å²) in [5, 5.41) is 3.24. The van der Waals surface area contributed by atoms with E-state index in [0.29, 0.717) is 49.4 Å². The Morgan fingerprint density at radius 2 is 1.79 bits per heavy atom. The minimum absolute atomic E-state index is 0.0531. The van der Waals surface area contributed by atoms with E-state index in [1.165, 1.54) is 11.3 Å². The van der Waals surface area contributed by atoms with Crippen LogP contribution in [-0.4, -0.2) is 75.3 Å². The van der Waals surface area contributed by atoms with Gasteiger partial charge in [-0.05, 0) is 76.5 Å². The van der Waals surface area contributed by atoms with E-state index in [9.17, 15) is 36.0 Å². The Hall–Kier alpha value is -3.77. The van der Waals surface area contributed by atoms with Gasteiger partial charge in [0.25, 0.3) is 0 Å². The first-order valence-electron chi connectivity index (χ1n) is 18.9. The van der Waals surface area contributed by atoms with E-state index in [1.807, 2.05) is 31.4 Å². The van der Waals surface area contributed by atoms with E-state index in [2.05, 4.69) is 24.7 Å². The molecule has 56 heavy (non-hydrogen) atoms. The van der Waals surface area contributed by atoms with Gasteiger partial charge in [0.1, 0.15) is 22.6 Å². The van der Waals surface area contributed by atoms with Gasteiger partial charge in [-0.15, -0.1) is 22.7 Å². The summed E-state index contributed by atoms with van der Waals surface area (Å²) in [6, 6.07) is 1.56. The lowest BCUT2D eigenvalue weighted by molar-refractivity contribution is -0.144. The summed E-state index contributed by atoms with van der Waals surface area (Å²) in [6.07, 6.45) is 2.64. The standard InChI is InChI=1S/C38H45F3N6O6S3/c1-21(2)27-19-54-32(43-27)26-16-30(45-31(42-26)33-44-29(20-55-33)38(39,40)41)53-23-10-11-24-25(15-23)28(48)18-37(35(50)46-56(51,52)36(3)12-13-36)17-22(37)9-7-5-6-8-14-47(4)34(24)49/h7,9,16,19-25H,5-6,8,10-15,17-18H2,1-4H3,(H,46,50)/b9-7-/t22-,23+,24-,25-,37-/m1/s1. The number of alkyl halides is 3. The van der Waals surface area contributed by atoms with E-state index >= 15 is 0 Å². The molecule has 3 fully saturated rings. The summed E-state index contributed by atoms with van der Waals surface area (Å²) in [5.41, 5.74) is -1.17. The van der Waals surface area contributed by atoms with E-state index in [0.717, 1.165) is 41.7 Å². The second kappa shape index (κ2) is 15.2. The van der Waals surface area contributed by atoms with E-state index in [1.54, 1.807) is 24.9 Å². The molecule has 4 heterocycles. The quantitative estimate of drug-likeness (QED) is 0.230. The maximum atomic E-state index is 14.5. The van der Waals surface area contributed by atoms with Crippen LogP contribution in [0, 0.1) is 23.2 Å². The molecule has 1 aliphatic heterocycles. The third-order valence-corrected chi connectivity index (χ3v) is 15.5. The van der Waals surface area contributed by atoms with Gasteiger partial charge in [0, 0.05) is 48.7 Å². The Balaban J connectivity index is 1.19. The highest BCUT2D eigenvalue weighted by atomic mass is 32.2. The summed E-state index contributed by atoms with van der Waals surface area (Å²) in [5.74, 6) is -2.94. The van der Waals surface area contributed by atoms with Crippen molar-refractivity contribution in [1.82, 2.24) is 29.6 Å². The molecule has 0 radical (unpaired) electrons. The number of carbonyl (C=O) groups is 3. The van der Waals surface area contributed by atoms with Crippen molar-refractivity contribution >= 4 is 50.3 Å². The van der Waals surface area contributed by atoms with Gasteiger partial charge in [-0.3, -0.25) is 19.1 Å². The fraction of sp³-hybridized carbons (Fsp3) is 0.605. The van der Waals surface area contributed by atoms with Gasteiger partial charge in [0.15, 0.2) is 16.5 Å². The lowest BCUT2D eigenvalue weighted by atomic mass is 9.72. The number of sulfonamides is 1. The van der Waals surface area contributed by atoms with Crippen molar-refractivity contribution in [2.75, 3.05) is 13.6 Å². The highest BCUT2D eigenvalue weighted by molar-refractivity contribution is 7.91. The van der Waals surface area contributed by atoms with E-state index in [-0.39, 0.29) is 53.1 Å². The molecule has 0 aromatic carbocycles. The molecule has 4 aliphatic rings. The van der Waals surface area contributed by atoms with Gasteiger partial charge in [0.05, 0.1) is 15.9 Å². The number of amides is 2. The smallest absolute Gasteiger partial charge is 0.434 e. The van der Waals surface area contributed by atoms with Crippen LogP contribution in [0.5, 0.6) is 5.88 Å². The average molecular weight is 835 g/mol. The molecule has 0 saturated heterocycles. The van der Waals surface area contributed by atoms with Gasteiger partial charge < -0.3 is 9.64 Å². The predicted molar refractivity (Wildman–Crippen MR) is 204 cm³/mol. The Bertz CT molecular complexity index is 2150. The summed E-state index contributed by atoms with van der Waals surface area (Å²) >= 11 is 2.08. The number of hydrogen-bond acceptors (Lipinski definition) is 12. The molecule has 0 spiro atoms. The fourth-order valence-electron chi connectivity index (χ4n) is 7.56. The minimum atomic E-state index is -4.66. The third kappa shape index (κ3) is 8.28. The minimum Gasteiger partial charge on any atom is -0.474 e. The fourth-order valence-corrected chi connectivity index (χ4v) is 10.6. The molecule has 18 heteroatoms. The maximum absolute atomic E-state index is 14.5. The van der Waals surface area contributed by atoms with Crippen LogP contribution in [-0.2, 0) is 30.6 Å². The van der Waals surface area contributed by atoms with Gasteiger partial charge in [-0.25, -0.2) is 23.4 Å². The highest BCUT2D eigenvalue weighted by Crippen LogP contribution is 2.58. The van der Waals surface area contributed by atoms with Crippen LogP contribution < -0.4 is 9.46 Å². The first kappa shape index (κ1) is 40.4. The van der Waals surface area contributed by atoms with Crippen molar-refractivity contribution in [3.8, 4) is 27.4 Å². The van der Waals surface area contributed by atoms with Gasteiger partial charge in [-0.1, -0.05) is 26.0 Å². The monoisotopic (exact) mass is 834 g/mol. The number of thiazole rings is 2. The summed E-state index contributed by atoms with van der Waals surface area (Å²) in [4.78, 5) is 61.4. The van der Waals surface area contributed by atoms with Crippen LogP contribution in [0.3, 0.4) is 0 Å². The van der Waals surface area contributed by atoms with Gasteiger partial charge in [0.2, 0.25) is 27.7 Å². The molecular formula is C38H45F3N6O6S3. The van der Waals surface area contributed by atoms with Crippen molar-refractivity contribution in [3.63, 3.8) is 0 Å². The molecular weight excluding hydrogens is 790 g/mol. The number of Topliss-reactive ketones (excluding diaryl/α,β-unsaturated/α-hetero) is 1. The number of rotatable bonds is 8. The van der Waals surface area contributed by atoms with Gasteiger partial charge in [-0.2, -0.15) is 18.2 Å². The molecule has 1 N–H and O–H groups in total. The molecule has 3 saturated carbocycles. The van der Waals surface area contributed by atoms with Crippen molar-refractivity contribution in [3.05, 3.63) is 40.4 Å². The molecule has 12 nitrogen and oxygen atoms in total. The normalized spacial score (nSPS) is 27.5. The molecule has 0 bridgehead atoms. The van der Waals surface area contributed by atoms with E-state index < -0.39 is 55.9 Å². The Kier molecular flexibility index (Phi) is 11.0. The number of nitrogens with one attached hydrogen (secondary N) is 1. The SMILES string of the molecule is CC(C)c1csc(-c2cc(O[C@H]3CC[C@H]4C(=O)N(C)CCCC/C=C\[C@@H]5C[C@@]5(C(=O)NS(=O)(=O)C5(C)CC5)CC(=O)[C@@H]4C3)nc(-c3nc(C(F)(F)F)cs3)n2)n1. The third-order valence-electron chi connectivity index (χ3n) is 11.6. The second-order valence-electron chi connectivity index (χ2n) is 16.1. The van der Waals surface area contributed by atoms with Crippen LogP contribution in [0.4, 0.5) is 13.2 Å². The van der Waals surface area contributed by atoms with Crippen LogP contribution in [0.15, 0.2) is 29.0 Å².